The first kappa shape index (κ1) is 14.4. The average Bonchev–Trinajstić information content (AvgIpc) is 2.86. The van der Waals surface area contributed by atoms with Crippen molar-refractivity contribution in [2.75, 3.05) is 6.61 Å². The van der Waals surface area contributed by atoms with Crippen LogP contribution in [0.3, 0.4) is 0 Å². The van der Waals surface area contributed by atoms with Gasteiger partial charge in [0.15, 0.2) is 0 Å². The van der Waals surface area contributed by atoms with Crippen molar-refractivity contribution in [2.24, 2.45) is 0 Å². The van der Waals surface area contributed by atoms with Gasteiger partial charge in [-0.25, -0.2) is 4.79 Å². The fourth-order valence-corrected chi connectivity index (χ4v) is 2.37. The van der Waals surface area contributed by atoms with Crippen LogP contribution < -0.4 is 0 Å². The van der Waals surface area contributed by atoms with Crippen LogP contribution in [0.4, 0.5) is 0 Å². The third-order valence-electron chi connectivity index (χ3n) is 3.43. The van der Waals surface area contributed by atoms with E-state index in [4.69, 9.17) is 9.47 Å². The lowest BCUT2D eigenvalue weighted by Crippen LogP contribution is -2.37. The number of carbonyl (C=O) groups is 1. The van der Waals surface area contributed by atoms with E-state index in [1.807, 2.05) is 60.7 Å². The van der Waals surface area contributed by atoms with E-state index < -0.39 is 18.4 Å². The standard InChI is InChI=1S/C18H16O4/c19-13-18(12-15-9-5-2-6-10-15)21-16(17(20)22-18)11-14-7-3-1-4-8-14/h1-11,19H,12-13H2/b16-11-/t18-/m0/s1. The molecule has 1 heterocycles. The molecule has 2 aromatic carbocycles. The molecule has 4 heteroatoms. The van der Waals surface area contributed by atoms with Crippen LogP contribution in [0.1, 0.15) is 11.1 Å². The predicted octanol–water partition coefficient (Wildman–Crippen LogP) is 2.53. The van der Waals surface area contributed by atoms with Crippen LogP contribution in [0, 0.1) is 0 Å². The molecule has 0 aliphatic carbocycles. The van der Waals surface area contributed by atoms with Crippen LogP contribution in [0.5, 0.6) is 0 Å². The van der Waals surface area contributed by atoms with Gasteiger partial charge < -0.3 is 14.6 Å². The minimum absolute atomic E-state index is 0.108. The highest BCUT2D eigenvalue weighted by Crippen LogP contribution is 2.31. The Morgan fingerprint density at radius 2 is 1.59 bits per heavy atom. The summed E-state index contributed by atoms with van der Waals surface area (Å²) in [6.45, 7) is -0.403. The highest BCUT2D eigenvalue weighted by molar-refractivity contribution is 5.93. The number of ether oxygens (including phenoxy) is 2. The van der Waals surface area contributed by atoms with Gasteiger partial charge in [0.25, 0.3) is 5.79 Å². The molecule has 0 saturated carbocycles. The van der Waals surface area contributed by atoms with E-state index in [0.29, 0.717) is 6.42 Å². The summed E-state index contributed by atoms with van der Waals surface area (Å²) in [6, 6.07) is 18.8. The van der Waals surface area contributed by atoms with Gasteiger partial charge in [-0.05, 0) is 17.2 Å². The van der Waals surface area contributed by atoms with Gasteiger partial charge in [0.05, 0.1) is 6.42 Å². The number of aliphatic hydroxyl groups is 1. The zero-order chi connectivity index (χ0) is 15.4. The van der Waals surface area contributed by atoms with Crippen LogP contribution in [0.25, 0.3) is 6.08 Å². The third-order valence-corrected chi connectivity index (χ3v) is 3.43. The second-order valence-electron chi connectivity index (χ2n) is 5.14. The van der Waals surface area contributed by atoms with Crippen molar-refractivity contribution in [3.8, 4) is 0 Å². The van der Waals surface area contributed by atoms with Gasteiger partial charge in [-0.3, -0.25) is 0 Å². The summed E-state index contributed by atoms with van der Waals surface area (Å²) < 4.78 is 11.0. The summed E-state index contributed by atoms with van der Waals surface area (Å²) in [7, 11) is 0. The molecule has 0 spiro atoms. The zero-order valence-electron chi connectivity index (χ0n) is 11.9. The molecule has 4 nitrogen and oxygen atoms in total. The number of aliphatic hydroxyl groups excluding tert-OH is 1. The molecule has 0 unspecified atom stereocenters. The molecule has 3 rings (SSSR count). The Hall–Kier alpha value is -2.59. The van der Waals surface area contributed by atoms with Crippen molar-refractivity contribution < 1.29 is 19.4 Å². The molecule has 0 radical (unpaired) electrons. The minimum Gasteiger partial charge on any atom is -0.442 e. The van der Waals surface area contributed by atoms with Crippen LogP contribution in [-0.2, 0) is 20.7 Å². The highest BCUT2D eigenvalue weighted by Gasteiger charge is 2.45. The summed E-state index contributed by atoms with van der Waals surface area (Å²) in [4.78, 5) is 12.0. The van der Waals surface area contributed by atoms with E-state index in [-0.39, 0.29) is 5.76 Å². The van der Waals surface area contributed by atoms with Crippen LogP contribution in [-0.4, -0.2) is 23.5 Å². The normalized spacial score (nSPS) is 22.4. The third kappa shape index (κ3) is 3.02. The number of esters is 1. The maximum Gasteiger partial charge on any atom is 0.377 e. The Balaban J connectivity index is 1.83. The van der Waals surface area contributed by atoms with E-state index in [1.165, 1.54) is 0 Å². The number of hydrogen-bond acceptors (Lipinski definition) is 4. The maximum absolute atomic E-state index is 12.0. The van der Waals surface area contributed by atoms with Gasteiger partial charge >= 0.3 is 5.97 Å². The van der Waals surface area contributed by atoms with E-state index in [2.05, 4.69) is 0 Å². The number of hydrogen-bond donors (Lipinski definition) is 1. The summed E-state index contributed by atoms with van der Waals surface area (Å²) in [5.41, 5.74) is 1.76. The molecule has 0 amide bonds. The van der Waals surface area contributed by atoms with Gasteiger partial charge in [-0.15, -0.1) is 0 Å². The molecule has 112 valence electrons. The smallest absolute Gasteiger partial charge is 0.377 e. The summed E-state index contributed by atoms with van der Waals surface area (Å²) in [6.07, 6.45) is 1.91. The van der Waals surface area contributed by atoms with Gasteiger partial charge in [0.1, 0.15) is 6.61 Å². The fraction of sp³-hybridized carbons (Fsp3) is 0.167. The SMILES string of the molecule is O=C1O[C@](CO)(Cc2ccccc2)O/C1=C\c1ccccc1. The molecule has 22 heavy (non-hydrogen) atoms. The molecule has 1 atom stereocenters. The van der Waals surface area contributed by atoms with Crippen LogP contribution >= 0.6 is 0 Å². The summed E-state index contributed by atoms with van der Waals surface area (Å²) >= 11 is 0. The molecule has 1 saturated heterocycles. The maximum atomic E-state index is 12.0. The van der Waals surface area contributed by atoms with Gasteiger partial charge in [0, 0.05) is 0 Å². The predicted molar refractivity (Wildman–Crippen MR) is 81.6 cm³/mol. The van der Waals surface area contributed by atoms with Crippen molar-refractivity contribution >= 4 is 12.0 Å². The first-order chi connectivity index (χ1) is 10.7. The molecule has 1 fully saturated rings. The van der Waals surface area contributed by atoms with E-state index >= 15 is 0 Å². The van der Waals surface area contributed by atoms with Crippen molar-refractivity contribution in [3.05, 3.63) is 77.5 Å². The molecule has 1 aliphatic heterocycles. The second kappa shape index (κ2) is 6.03. The first-order valence-corrected chi connectivity index (χ1v) is 7.05. The topological polar surface area (TPSA) is 55.8 Å². The lowest BCUT2D eigenvalue weighted by molar-refractivity contribution is -0.185. The lowest BCUT2D eigenvalue weighted by Gasteiger charge is -2.23. The second-order valence-corrected chi connectivity index (χ2v) is 5.14. The Kier molecular flexibility index (Phi) is 3.94. The summed E-state index contributed by atoms with van der Waals surface area (Å²) in [5, 5.41) is 9.65. The van der Waals surface area contributed by atoms with Crippen molar-refractivity contribution in [3.63, 3.8) is 0 Å². The molecule has 2 aromatic rings. The van der Waals surface area contributed by atoms with E-state index in [9.17, 15) is 9.90 Å². The van der Waals surface area contributed by atoms with Crippen molar-refractivity contribution in [2.45, 2.75) is 12.2 Å². The highest BCUT2D eigenvalue weighted by atomic mass is 16.8. The quantitative estimate of drug-likeness (QED) is 0.696. The van der Waals surface area contributed by atoms with Crippen molar-refractivity contribution in [1.82, 2.24) is 0 Å². The summed E-state index contributed by atoms with van der Waals surface area (Å²) in [5.74, 6) is -1.80. The zero-order valence-corrected chi connectivity index (χ0v) is 11.9. The Bertz CT molecular complexity index is 679. The number of benzene rings is 2. The largest absolute Gasteiger partial charge is 0.442 e. The Morgan fingerprint density at radius 1 is 0.955 bits per heavy atom. The van der Waals surface area contributed by atoms with E-state index in [1.54, 1.807) is 6.08 Å². The molecule has 1 aliphatic rings. The molecule has 0 aromatic heterocycles. The molecular weight excluding hydrogens is 280 g/mol. The lowest BCUT2D eigenvalue weighted by atomic mass is 10.1. The van der Waals surface area contributed by atoms with Gasteiger partial charge in [-0.1, -0.05) is 60.7 Å². The number of cyclic esters (lactones) is 1. The Labute approximate surface area is 128 Å². The monoisotopic (exact) mass is 296 g/mol. The van der Waals surface area contributed by atoms with Crippen LogP contribution in [0.15, 0.2) is 66.4 Å². The van der Waals surface area contributed by atoms with E-state index in [0.717, 1.165) is 11.1 Å². The average molecular weight is 296 g/mol. The molecule has 1 N–H and O–H groups in total. The first-order valence-electron chi connectivity index (χ1n) is 7.05. The van der Waals surface area contributed by atoms with Gasteiger partial charge in [-0.2, -0.15) is 0 Å². The van der Waals surface area contributed by atoms with Crippen molar-refractivity contribution in [1.29, 1.82) is 0 Å². The minimum atomic E-state index is -1.35. The number of carbonyl (C=O) groups excluding carboxylic acids is 1. The Morgan fingerprint density at radius 3 is 2.23 bits per heavy atom. The molecule has 0 bridgehead atoms. The van der Waals surface area contributed by atoms with Gasteiger partial charge in [0.2, 0.25) is 5.76 Å². The molecular formula is C18H16O4. The fourth-order valence-electron chi connectivity index (χ4n) is 2.37. The number of rotatable bonds is 4. The van der Waals surface area contributed by atoms with Crippen LogP contribution in [0.2, 0.25) is 0 Å².